The molecule has 0 N–H and O–H groups in total. The zero-order chi connectivity index (χ0) is 28.3. The van der Waals surface area contributed by atoms with E-state index in [1.165, 1.54) is 38.5 Å². The normalized spacial score (nSPS) is 11.7. The Bertz CT molecular complexity index is 2280. The van der Waals surface area contributed by atoms with Crippen LogP contribution >= 0.6 is 0 Å². The highest BCUT2D eigenvalue weighted by molar-refractivity contribution is 6.16. The minimum absolute atomic E-state index is 0.650. The highest BCUT2D eigenvalue weighted by Crippen LogP contribution is 2.47. The van der Waals surface area contributed by atoms with Crippen LogP contribution < -0.4 is 0 Å². The molecule has 0 bridgehead atoms. The van der Waals surface area contributed by atoms with Gasteiger partial charge >= 0.3 is 0 Å². The van der Waals surface area contributed by atoms with Gasteiger partial charge < -0.3 is 4.57 Å². The maximum Gasteiger partial charge on any atom is 0.164 e. The third-order valence-corrected chi connectivity index (χ3v) is 8.40. The van der Waals surface area contributed by atoms with Crippen molar-refractivity contribution < 1.29 is 0 Å². The molecule has 1 aliphatic heterocycles. The molecule has 2 aromatic heterocycles. The van der Waals surface area contributed by atoms with Crippen LogP contribution in [0.2, 0.25) is 0 Å². The second-order valence-electron chi connectivity index (χ2n) is 10.9. The van der Waals surface area contributed by atoms with Gasteiger partial charge in [-0.15, -0.1) is 0 Å². The van der Waals surface area contributed by atoms with E-state index in [1.54, 1.807) is 0 Å². The zero-order valence-electron chi connectivity index (χ0n) is 23.1. The number of hydrogen-bond acceptors (Lipinski definition) is 3. The smallest absolute Gasteiger partial charge is 0.164 e. The summed E-state index contributed by atoms with van der Waals surface area (Å²) in [6, 6.07) is 50.9. The van der Waals surface area contributed by atoms with Crippen molar-refractivity contribution in [2.45, 2.75) is 0 Å². The molecule has 0 spiro atoms. The Morgan fingerprint density at radius 1 is 0.372 bits per heavy atom. The molecule has 1 aliphatic rings. The predicted molar refractivity (Wildman–Crippen MR) is 175 cm³/mol. The second-order valence-corrected chi connectivity index (χ2v) is 10.9. The van der Waals surface area contributed by atoms with E-state index in [0.29, 0.717) is 17.5 Å². The van der Waals surface area contributed by atoms with E-state index >= 15 is 0 Å². The van der Waals surface area contributed by atoms with Crippen LogP contribution in [0, 0.1) is 0 Å². The summed E-state index contributed by atoms with van der Waals surface area (Å²) in [6.45, 7) is 0. The second kappa shape index (κ2) is 9.33. The number of para-hydroxylation sites is 2. The van der Waals surface area contributed by atoms with Gasteiger partial charge in [0.1, 0.15) is 0 Å². The molecule has 0 aliphatic carbocycles. The van der Waals surface area contributed by atoms with Crippen LogP contribution in [0.15, 0.2) is 146 Å². The van der Waals surface area contributed by atoms with Crippen molar-refractivity contribution in [3.05, 3.63) is 146 Å². The zero-order valence-corrected chi connectivity index (χ0v) is 23.1. The molecule has 0 saturated heterocycles. The van der Waals surface area contributed by atoms with E-state index < -0.39 is 0 Å². The number of benzene rings is 6. The standard InChI is InChI=1S/C39H24N4/c1-3-12-25(13-4-1)37-40-38(26-14-5-2-6-15-26)42-39(41-37)27-22-23-35-33(24-27)29-17-8-7-16-28(29)31-19-11-20-32-30-18-9-10-21-34(30)43(35)36(31)32/h1-24H. The molecule has 200 valence electrons. The summed E-state index contributed by atoms with van der Waals surface area (Å²) < 4.78 is 2.43. The maximum absolute atomic E-state index is 5.02. The van der Waals surface area contributed by atoms with Crippen LogP contribution in [0.4, 0.5) is 0 Å². The first-order chi connectivity index (χ1) is 21.3. The van der Waals surface area contributed by atoms with Gasteiger partial charge in [0.2, 0.25) is 0 Å². The summed E-state index contributed by atoms with van der Waals surface area (Å²) in [4.78, 5) is 14.9. The van der Waals surface area contributed by atoms with Gasteiger partial charge in [-0.25, -0.2) is 15.0 Å². The van der Waals surface area contributed by atoms with Gasteiger partial charge in [-0.05, 0) is 35.4 Å². The Morgan fingerprint density at radius 3 is 1.60 bits per heavy atom. The third-order valence-electron chi connectivity index (χ3n) is 8.40. The van der Waals surface area contributed by atoms with E-state index in [1.807, 2.05) is 60.7 Å². The van der Waals surface area contributed by atoms with Crippen molar-refractivity contribution in [3.8, 4) is 62.1 Å². The first-order valence-corrected chi connectivity index (χ1v) is 14.5. The Balaban J connectivity index is 1.33. The SMILES string of the molecule is c1ccc(-c2nc(-c3ccccc3)nc(-c3ccc4c(c3)-c3ccccc3-c3cccc5c6ccccc6n-4c35)n2)cc1. The Labute approximate surface area is 248 Å². The fraction of sp³-hybridized carbons (Fsp3) is 0. The number of fused-ring (bicyclic) bond motifs is 8. The van der Waals surface area contributed by atoms with Crippen molar-refractivity contribution in [1.29, 1.82) is 0 Å². The minimum Gasteiger partial charge on any atom is -0.308 e. The number of aromatic nitrogens is 4. The summed E-state index contributed by atoms with van der Waals surface area (Å²) in [5.41, 5.74) is 11.2. The molecule has 4 heteroatoms. The summed E-state index contributed by atoms with van der Waals surface area (Å²) in [5.74, 6) is 1.97. The van der Waals surface area contributed by atoms with Crippen LogP contribution in [-0.2, 0) is 0 Å². The van der Waals surface area contributed by atoms with Gasteiger partial charge in [-0.3, -0.25) is 0 Å². The van der Waals surface area contributed by atoms with Crippen LogP contribution in [-0.4, -0.2) is 19.5 Å². The number of hydrogen-bond donors (Lipinski definition) is 0. The molecular formula is C39H24N4. The van der Waals surface area contributed by atoms with Gasteiger partial charge in [0.25, 0.3) is 0 Å². The summed E-state index contributed by atoms with van der Waals surface area (Å²) in [5, 5.41) is 2.52. The van der Waals surface area contributed by atoms with Crippen LogP contribution in [0.5, 0.6) is 0 Å². The van der Waals surface area contributed by atoms with Crippen molar-refractivity contribution in [2.24, 2.45) is 0 Å². The van der Waals surface area contributed by atoms with E-state index in [0.717, 1.165) is 27.9 Å². The molecule has 9 rings (SSSR count). The first-order valence-electron chi connectivity index (χ1n) is 14.5. The van der Waals surface area contributed by atoms with Gasteiger partial charge in [-0.2, -0.15) is 0 Å². The first kappa shape index (κ1) is 23.8. The van der Waals surface area contributed by atoms with Crippen LogP contribution in [0.1, 0.15) is 0 Å². The van der Waals surface area contributed by atoms with Gasteiger partial charge in [0, 0.05) is 38.6 Å². The predicted octanol–water partition coefficient (Wildman–Crippen LogP) is 9.62. The minimum atomic E-state index is 0.650. The molecule has 43 heavy (non-hydrogen) atoms. The van der Waals surface area contributed by atoms with E-state index in [4.69, 9.17) is 15.0 Å². The lowest BCUT2D eigenvalue weighted by Gasteiger charge is -2.15. The number of nitrogens with zero attached hydrogens (tertiary/aromatic N) is 4. The average molecular weight is 549 g/mol. The van der Waals surface area contributed by atoms with Crippen molar-refractivity contribution in [1.82, 2.24) is 19.5 Å². The lowest BCUT2D eigenvalue weighted by Crippen LogP contribution is -2.01. The largest absolute Gasteiger partial charge is 0.308 e. The quantitative estimate of drug-likeness (QED) is 0.221. The molecule has 0 atom stereocenters. The lowest BCUT2D eigenvalue weighted by atomic mass is 9.93. The molecular weight excluding hydrogens is 524 g/mol. The topological polar surface area (TPSA) is 43.6 Å². The molecule has 6 aromatic carbocycles. The van der Waals surface area contributed by atoms with E-state index in [2.05, 4.69) is 89.5 Å². The van der Waals surface area contributed by atoms with Crippen molar-refractivity contribution in [2.75, 3.05) is 0 Å². The molecule has 0 saturated carbocycles. The maximum atomic E-state index is 5.02. The van der Waals surface area contributed by atoms with E-state index in [-0.39, 0.29) is 0 Å². The number of rotatable bonds is 3. The molecule has 4 nitrogen and oxygen atoms in total. The van der Waals surface area contributed by atoms with Crippen molar-refractivity contribution >= 4 is 21.8 Å². The molecule has 0 amide bonds. The molecule has 0 radical (unpaired) electrons. The fourth-order valence-corrected chi connectivity index (χ4v) is 6.46. The van der Waals surface area contributed by atoms with Crippen LogP contribution in [0.3, 0.4) is 0 Å². The van der Waals surface area contributed by atoms with Crippen LogP contribution in [0.25, 0.3) is 83.9 Å². The Morgan fingerprint density at radius 2 is 0.907 bits per heavy atom. The molecule has 0 unspecified atom stereocenters. The van der Waals surface area contributed by atoms with Gasteiger partial charge in [-0.1, -0.05) is 121 Å². The molecule has 8 aromatic rings. The monoisotopic (exact) mass is 548 g/mol. The Hall–Kier alpha value is -5.87. The average Bonchev–Trinajstić information content (AvgIpc) is 3.37. The highest BCUT2D eigenvalue weighted by atomic mass is 15.0. The Kier molecular flexibility index (Phi) is 5.16. The summed E-state index contributed by atoms with van der Waals surface area (Å²) in [7, 11) is 0. The van der Waals surface area contributed by atoms with E-state index in [9.17, 15) is 0 Å². The molecule has 0 fully saturated rings. The highest BCUT2D eigenvalue weighted by Gasteiger charge is 2.25. The lowest BCUT2D eigenvalue weighted by molar-refractivity contribution is 1.07. The van der Waals surface area contributed by atoms with Gasteiger partial charge in [0.15, 0.2) is 17.5 Å². The fourth-order valence-electron chi connectivity index (χ4n) is 6.46. The summed E-state index contributed by atoms with van der Waals surface area (Å²) in [6.07, 6.45) is 0. The summed E-state index contributed by atoms with van der Waals surface area (Å²) >= 11 is 0. The molecule has 3 heterocycles. The third kappa shape index (κ3) is 3.67. The van der Waals surface area contributed by atoms with Crippen molar-refractivity contribution in [3.63, 3.8) is 0 Å². The van der Waals surface area contributed by atoms with Gasteiger partial charge in [0.05, 0.1) is 16.7 Å².